The zero-order chi connectivity index (χ0) is 20.8. The molecular weight excluding hydrogens is 400 g/mol. The predicted molar refractivity (Wildman–Crippen MR) is 109 cm³/mol. The van der Waals surface area contributed by atoms with Gasteiger partial charge >= 0.3 is 0 Å². The minimum atomic E-state index is -3.62. The molecule has 2 rings (SSSR count). The summed E-state index contributed by atoms with van der Waals surface area (Å²) in [5.74, 6) is -1.54. The fourth-order valence-corrected chi connectivity index (χ4v) is 5.43. The Labute approximate surface area is 166 Å². The van der Waals surface area contributed by atoms with Crippen LogP contribution in [0.4, 0.5) is 5.69 Å². The molecule has 7 nitrogen and oxygen atoms in total. The quantitative estimate of drug-likeness (QED) is 0.665. The van der Waals surface area contributed by atoms with Crippen molar-refractivity contribution in [3.8, 4) is 0 Å². The molecule has 28 heavy (non-hydrogen) atoms. The van der Waals surface area contributed by atoms with Gasteiger partial charge in [-0.3, -0.25) is 4.79 Å². The first-order chi connectivity index (χ1) is 13.2. The number of hydrogen-bond donors (Lipinski definition) is 1. The molecule has 0 radical (unpaired) electrons. The molecule has 2 aromatic rings. The van der Waals surface area contributed by atoms with Gasteiger partial charge in [-0.15, -0.1) is 0 Å². The van der Waals surface area contributed by atoms with E-state index in [1.54, 1.807) is 44.2 Å². The molecule has 1 amide bonds. The van der Waals surface area contributed by atoms with E-state index in [2.05, 4.69) is 5.32 Å². The molecule has 0 heterocycles. The highest BCUT2D eigenvalue weighted by Crippen LogP contribution is 2.18. The largest absolute Gasteiger partial charge is 0.325 e. The molecule has 9 heteroatoms. The van der Waals surface area contributed by atoms with Crippen molar-refractivity contribution in [3.63, 3.8) is 0 Å². The van der Waals surface area contributed by atoms with Crippen LogP contribution in [-0.4, -0.2) is 45.9 Å². The van der Waals surface area contributed by atoms with E-state index in [1.165, 1.54) is 28.6 Å². The lowest BCUT2D eigenvalue weighted by molar-refractivity contribution is -0.113. The Kier molecular flexibility index (Phi) is 7.34. The van der Waals surface area contributed by atoms with Gasteiger partial charge in [-0.1, -0.05) is 44.2 Å². The van der Waals surface area contributed by atoms with Gasteiger partial charge in [0.05, 0.1) is 10.6 Å². The number of sulfone groups is 1. The normalized spacial score (nSPS) is 12.1. The van der Waals surface area contributed by atoms with Gasteiger partial charge in [-0.25, -0.2) is 16.8 Å². The molecule has 0 saturated heterocycles. The number of anilines is 1. The number of carbonyl (C=O) groups is 1. The van der Waals surface area contributed by atoms with Crippen molar-refractivity contribution in [2.24, 2.45) is 0 Å². The lowest BCUT2D eigenvalue weighted by Gasteiger charge is -2.18. The maximum absolute atomic E-state index is 12.4. The Morgan fingerprint density at radius 3 is 2.00 bits per heavy atom. The minimum Gasteiger partial charge on any atom is -0.325 e. The molecule has 2 aromatic carbocycles. The Hall–Kier alpha value is -2.23. The highest BCUT2D eigenvalue weighted by molar-refractivity contribution is 7.91. The molecule has 0 atom stereocenters. The summed E-state index contributed by atoms with van der Waals surface area (Å²) < 4.78 is 50.6. The summed E-state index contributed by atoms with van der Waals surface area (Å²) in [6.45, 7) is 4.23. The van der Waals surface area contributed by atoms with Crippen molar-refractivity contribution in [1.29, 1.82) is 0 Å². The molecule has 0 aliphatic rings. The summed E-state index contributed by atoms with van der Waals surface area (Å²) in [6.07, 6.45) is 0. The second kappa shape index (κ2) is 9.31. The van der Waals surface area contributed by atoms with Crippen molar-refractivity contribution >= 4 is 31.5 Å². The third kappa shape index (κ3) is 5.88. The fraction of sp³-hybridized carbons (Fsp3) is 0.316. The van der Waals surface area contributed by atoms with Crippen LogP contribution < -0.4 is 5.32 Å². The van der Waals surface area contributed by atoms with E-state index in [-0.39, 0.29) is 10.6 Å². The predicted octanol–water partition coefficient (Wildman–Crippen LogP) is 2.27. The number of nitrogens with one attached hydrogen (secondary N) is 1. The molecule has 0 spiro atoms. The summed E-state index contributed by atoms with van der Waals surface area (Å²) in [5, 5.41) is 2.49. The van der Waals surface area contributed by atoms with Crippen molar-refractivity contribution in [2.45, 2.75) is 24.5 Å². The van der Waals surface area contributed by atoms with Gasteiger partial charge in [0.2, 0.25) is 15.9 Å². The lowest BCUT2D eigenvalue weighted by atomic mass is 10.2. The summed E-state index contributed by atoms with van der Waals surface area (Å²) in [5.41, 5.74) is 0.944. The third-order valence-corrected chi connectivity index (χ3v) is 7.60. The molecule has 152 valence electrons. The number of hydrogen-bond acceptors (Lipinski definition) is 5. The molecule has 1 N–H and O–H groups in total. The molecule has 0 aliphatic carbocycles. The van der Waals surface area contributed by atoms with E-state index >= 15 is 0 Å². The molecule has 0 unspecified atom stereocenters. The number of amides is 1. The van der Waals surface area contributed by atoms with Crippen LogP contribution in [0.5, 0.6) is 0 Å². The van der Waals surface area contributed by atoms with Crippen molar-refractivity contribution in [3.05, 3.63) is 60.2 Å². The lowest BCUT2D eigenvalue weighted by Crippen LogP contribution is -2.30. The van der Waals surface area contributed by atoms with Crippen LogP contribution in [0.15, 0.2) is 59.5 Å². The Morgan fingerprint density at radius 2 is 1.46 bits per heavy atom. The monoisotopic (exact) mass is 424 g/mol. The first-order valence-corrected chi connectivity index (χ1v) is 12.1. The number of carbonyl (C=O) groups excluding carboxylic acids is 1. The second-order valence-corrected chi connectivity index (χ2v) is 10.2. The van der Waals surface area contributed by atoms with Crippen LogP contribution in [0, 0.1) is 0 Å². The number of nitrogens with zero attached hydrogens (tertiary/aromatic N) is 1. The van der Waals surface area contributed by atoms with Gasteiger partial charge in [-0.05, 0) is 29.8 Å². The van der Waals surface area contributed by atoms with Crippen molar-refractivity contribution < 1.29 is 21.6 Å². The Morgan fingerprint density at radius 1 is 0.893 bits per heavy atom. The smallest absolute Gasteiger partial charge is 0.243 e. The summed E-state index contributed by atoms with van der Waals surface area (Å²) in [6, 6.07) is 14.3. The Balaban J connectivity index is 2.03. The summed E-state index contributed by atoms with van der Waals surface area (Å²) in [4.78, 5) is 12.2. The van der Waals surface area contributed by atoms with Gasteiger partial charge in [-0.2, -0.15) is 4.31 Å². The van der Waals surface area contributed by atoms with Crippen molar-refractivity contribution in [2.75, 3.05) is 24.2 Å². The highest BCUT2D eigenvalue weighted by atomic mass is 32.2. The fourth-order valence-electron chi connectivity index (χ4n) is 2.70. The summed E-state index contributed by atoms with van der Waals surface area (Å²) >= 11 is 0. The minimum absolute atomic E-state index is 0.117. The zero-order valence-corrected chi connectivity index (χ0v) is 17.5. The zero-order valence-electron chi connectivity index (χ0n) is 15.8. The van der Waals surface area contributed by atoms with Crippen LogP contribution in [0.25, 0.3) is 0 Å². The van der Waals surface area contributed by atoms with E-state index in [4.69, 9.17) is 0 Å². The summed E-state index contributed by atoms with van der Waals surface area (Å²) in [7, 11) is -7.20. The van der Waals surface area contributed by atoms with Crippen LogP contribution in [0.3, 0.4) is 0 Å². The first-order valence-electron chi connectivity index (χ1n) is 8.82. The number of benzene rings is 2. The molecule has 0 fully saturated rings. The number of sulfonamides is 1. The van der Waals surface area contributed by atoms with Crippen LogP contribution in [0.2, 0.25) is 0 Å². The SMILES string of the molecule is CCN(CC)S(=O)(=O)c1ccc(NC(=O)CS(=O)(=O)Cc2ccccc2)cc1. The van der Waals surface area contributed by atoms with Gasteiger partial charge < -0.3 is 5.32 Å². The molecule has 0 bridgehead atoms. The maximum atomic E-state index is 12.4. The van der Waals surface area contributed by atoms with E-state index in [9.17, 15) is 21.6 Å². The van der Waals surface area contributed by atoms with Gasteiger partial charge in [0.15, 0.2) is 9.84 Å². The van der Waals surface area contributed by atoms with E-state index in [0.717, 1.165) is 0 Å². The topological polar surface area (TPSA) is 101 Å². The van der Waals surface area contributed by atoms with E-state index in [1.807, 2.05) is 0 Å². The second-order valence-electron chi connectivity index (χ2n) is 6.18. The Bertz CT molecular complexity index is 998. The number of rotatable bonds is 9. The van der Waals surface area contributed by atoms with E-state index in [0.29, 0.717) is 24.3 Å². The maximum Gasteiger partial charge on any atom is 0.243 e. The molecular formula is C19H24N2O5S2. The standard InChI is InChI=1S/C19H24N2O5S2/c1-3-21(4-2)28(25,26)18-12-10-17(11-13-18)20-19(22)15-27(23,24)14-16-8-6-5-7-9-16/h5-13H,3-4,14-15H2,1-2H3,(H,20,22). The van der Waals surface area contributed by atoms with Gasteiger partial charge in [0.25, 0.3) is 0 Å². The van der Waals surface area contributed by atoms with Crippen LogP contribution in [-0.2, 0) is 30.4 Å². The highest BCUT2D eigenvalue weighted by Gasteiger charge is 2.22. The third-order valence-electron chi connectivity index (χ3n) is 4.06. The first kappa shape index (κ1) is 22.1. The molecule has 0 saturated carbocycles. The average Bonchev–Trinajstić information content (AvgIpc) is 2.62. The van der Waals surface area contributed by atoms with Gasteiger partial charge in [0, 0.05) is 18.8 Å². The molecule has 0 aromatic heterocycles. The average molecular weight is 425 g/mol. The molecule has 0 aliphatic heterocycles. The van der Waals surface area contributed by atoms with Crippen LogP contribution >= 0.6 is 0 Å². The van der Waals surface area contributed by atoms with Crippen LogP contribution in [0.1, 0.15) is 19.4 Å². The van der Waals surface area contributed by atoms with Gasteiger partial charge in [0.1, 0.15) is 5.75 Å². The van der Waals surface area contributed by atoms with Crippen molar-refractivity contribution in [1.82, 2.24) is 4.31 Å². The van der Waals surface area contributed by atoms with E-state index < -0.39 is 31.5 Å².